The molecule has 4 aliphatic rings. The molecule has 0 aromatic rings. The van der Waals surface area contributed by atoms with Crippen molar-refractivity contribution in [2.45, 2.75) is 99.0 Å². The average Bonchev–Trinajstić information content (AvgIpc) is 3.25. The van der Waals surface area contributed by atoms with Gasteiger partial charge in [0.2, 0.25) is 0 Å². The highest BCUT2D eigenvalue weighted by molar-refractivity contribution is 5.72. The van der Waals surface area contributed by atoms with Crippen LogP contribution in [0.1, 0.15) is 92.9 Å². The van der Waals surface area contributed by atoms with Crippen LogP contribution in [0, 0.1) is 70.0 Å². The molecule has 4 rings (SSSR count). The van der Waals surface area contributed by atoms with Gasteiger partial charge in [0, 0.05) is 7.11 Å². The Kier molecular flexibility index (Phi) is 9.08. The summed E-state index contributed by atoms with van der Waals surface area (Å²) in [5.74, 6) is 4.91. The molecule has 4 fully saturated rings. The predicted octanol–water partition coefficient (Wildman–Crippen LogP) is 6.57. The number of fused-ring (bicyclic) bond motifs is 5. The van der Waals surface area contributed by atoms with Gasteiger partial charge < -0.3 is 19.3 Å². The maximum atomic E-state index is 12.3. The van der Waals surface area contributed by atoms with E-state index in [0.29, 0.717) is 60.1 Å². The predicted molar refractivity (Wildman–Crippen MR) is 147 cm³/mol. The lowest BCUT2D eigenvalue weighted by Gasteiger charge is -2.67. The Morgan fingerprint density at radius 3 is 2.41 bits per heavy atom. The minimum absolute atomic E-state index is 0.132. The van der Waals surface area contributed by atoms with Crippen LogP contribution in [-0.2, 0) is 19.0 Å². The molecule has 4 unspecified atom stereocenters. The van der Waals surface area contributed by atoms with Crippen molar-refractivity contribution in [3.8, 4) is 0 Å². The summed E-state index contributed by atoms with van der Waals surface area (Å²) >= 11 is 0. The molecule has 0 aromatic carbocycles. The molecule has 1 N–H and O–H groups in total. The van der Waals surface area contributed by atoms with Crippen molar-refractivity contribution in [2.24, 2.45) is 70.0 Å². The van der Waals surface area contributed by atoms with Crippen molar-refractivity contribution in [2.75, 3.05) is 27.6 Å². The summed E-state index contributed by atoms with van der Waals surface area (Å²) in [6, 6.07) is 0. The Balaban J connectivity index is 1.69. The van der Waals surface area contributed by atoms with Crippen LogP contribution in [0.25, 0.3) is 0 Å². The van der Waals surface area contributed by atoms with Crippen LogP contribution in [0.3, 0.4) is 0 Å². The average molecular weight is 521 g/mol. The van der Waals surface area contributed by atoms with E-state index in [2.05, 4.69) is 41.5 Å². The topological polar surface area (TPSA) is 65.0 Å². The second-order valence-electron chi connectivity index (χ2n) is 14.2. The SMILES string of the molecule is CC[C@H]1[C@@H](OCOC)C2C3CC[C@H]([C@H](C)CC(CO)C(=O)OC)[C@@]3(C)[C@@H](C)CC2[C@@]2(C)CC[C@@H](C)C[C@@H]12. The fraction of sp³-hybridized carbons (Fsp3) is 0.969. The Morgan fingerprint density at radius 1 is 1.05 bits per heavy atom. The van der Waals surface area contributed by atoms with Gasteiger partial charge in [-0.2, -0.15) is 0 Å². The molecular weight excluding hydrogens is 464 g/mol. The first-order valence-corrected chi connectivity index (χ1v) is 15.4. The zero-order valence-electron chi connectivity index (χ0n) is 25.0. The highest BCUT2D eigenvalue weighted by atomic mass is 16.7. The van der Waals surface area contributed by atoms with Gasteiger partial charge in [0.15, 0.2) is 0 Å². The van der Waals surface area contributed by atoms with E-state index in [4.69, 9.17) is 14.2 Å². The van der Waals surface area contributed by atoms with Gasteiger partial charge in [0.1, 0.15) is 6.79 Å². The molecule has 0 amide bonds. The number of esters is 1. The number of hydrogen-bond donors (Lipinski definition) is 1. The number of methoxy groups -OCH3 is 2. The monoisotopic (exact) mass is 520 g/mol. The maximum Gasteiger partial charge on any atom is 0.311 e. The third-order valence-corrected chi connectivity index (χ3v) is 12.8. The minimum Gasteiger partial charge on any atom is -0.469 e. The van der Waals surface area contributed by atoms with Gasteiger partial charge in [-0.25, -0.2) is 0 Å². The second-order valence-corrected chi connectivity index (χ2v) is 14.2. The molecule has 0 saturated heterocycles. The number of ether oxygens (including phenoxy) is 3. The quantitative estimate of drug-likeness (QED) is 0.275. The number of aliphatic hydroxyl groups excluding tert-OH is 1. The van der Waals surface area contributed by atoms with Crippen molar-refractivity contribution in [1.82, 2.24) is 0 Å². The van der Waals surface area contributed by atoms with E-state index in [1.807, 2.05) is 0 Å². The van der Waals surface area contributed by atoms with E-state index < -0.39 is 5.92 Å². The number of aliphatic hydroxyl groups is 1. The van der Waals surface area contributed by atoms with Gasteiger partial charge in [0.25, 0.3) is 0 Å². The van der Waals surface area contributed by atoms with E-state index in [1.54, 1.807) is 7.11 Å². The molecule has 0 aliphatic heterocycles. The largest absolute Gasteiger partial charge is 0.469 e. The van der Waals surface area contributed by atoms with Crippen molar-refractivity contribution >= 4 is 5.97 Å². The molecule has 0 spiro atoms. The highest BCUT2D eigenvalue weighted by Crippen LogP contribution is 2.71. The van der Waals surface area contributed by atoms with E-state index in [0.717, 1.165) is 11.8 Å². The van der Waals surface area contributed by atoms with Crippen LogP contribution >= 0.6 is 0 Å². The Bertz CT molecular complexity index is 785. The Hall–Kier alpha value is -0.650. The summed E-state index contributed by atoms with van der Waals surface area (Å²) in [5, 5.41) is 9.92. The molecule has 13 atom stereocenters. The van der Waals surface area contributed by atoms with Gasteiger partial charge in [-0.1, -0.05) is 54.4 Å². The van der Waals surface area contributed by atoms with Gasteiger partial charge in [-0.3, -0.25) is 4.79 Å². The first-order valence-electron chi connectivity index (χ1n) is 15.4. The van der Waals surface area contributed by atoms with Crippen LogP contribution in [0.2, 0.25) is 0 Å². The molecule has 37 heavy (non-hydrogen) atoms. The zero-order chi connectivity index (χ0) is 27.1. The number of carbonyl (C=O) groups excluding carboxylic acids is 1. The minimum atomic E-state index is -0.421. The van der Waals surface area contributed by atoms with Crippen molar-refractivity contribution in [3.63, 3.8) is 0 Å². The van der Waals surface area contributed by atoms with Crippen LogP contribution in [0.5, 0.6) is 0 Å². The number of carbonyl (C=O) groups is 1. The normalized spacial score (nSPS) is 46.9. The van der Waals surface area contributed by atoms with Crippen LogP contribution in [-0.4, -0.2) is 44.8 Å². The van der Waals surface area contributed by atoms with Crippen molar-refractivity contribution in [1.29, 1.82) is 0 Å². The first kappa shape index (κ1) is 29.3. The van der Waals surface area contributed by atoms with Gasteiger partial charge in [0.05, 0.1) is 25.7 Å². The molecule has 5 heteroatoms. The van der Waals surface area contributed by atoms with Gasteiger partial charge in [-0.05, 0) is 103 Å². The molecule has 214 valence electrons. The summed E-state index contributed by atoms with van der Waals surface area (Å²) in [4.78, 5) is 12.3. The Morgan fingerprint density at radius 2 is 1.78 bits per heavy atom. The number of rotatable bonds is 9. The van der Waals surface area contributed by atoms with E-state index in [1.165, 1.54) is 52.1 Å². The van der Waals surface area contributed by atoms with Crippen molar-refractivity contribution < 1.29 is 24.1 Å². The van der Waals surface area contributed by atoms with E-state index >= 15 is 0 Å². The van der Waals surface area contributed by atoms with Gasteiger partial charge in [-0.15, -0.1) is 0 Å². The lowest BCUT2D eigenvalue weighted by atomic mass is 9.39. The third-order valence-electron chi connectivity index (χ3n) is 12.8. The van der Waals surface area contributed by atoms with Crippen LogP contribution < -0.4 is 0 Å². The molecule has 4 saturated carbocycles. The molecule has 0 radical (unpaired) electrons. The zero-order valence-corrected chi connectivity index (χ0v) is 25.0. The first-order chi connectivity index (χ1) is 17.6. The Labute approximate surface area is 226 Å². The smallest absolute Gasteiger partial charge is 0.311 e. The molecule has 4 aliphatic carbocycles. The number of hydrogen-bond acceptors (Lipinski definition) is 5. The fourth-order valence-corrected chi connectivity index (χ4v) is 10.9. The fourth-order valence-electron chi connectivity index (χ4n) is 10.9. The summed E-state index contributed by atoms with van der Waals surface area (Å²) in [5.41, 5.74) is 0.617. The molecule has 0 bridgehead atoms. The summed E-state index contributed by atoms with van der Waals surface area (Å²) in [7, 11) is 3.19. The lowest BCUT2D eigenvalue weighted by Crippen LogP contribution is -2.63. The van der Waals surface area contributed by atoms with E-state index in [9.17, 15) is 9.90 Å². The van der Waals surface area contributed by atoms with Crippen LogP contribution in [0.4, 0.5) is 0 Å². The highest BCUT2D eigenvalue weighted by Gasteiger charge is 2.67. The third kappa shape index (κ3) is 4.82. The summed E-state index contributed by atoms with van der Waals surface area (Å²) in [6.45, 7) is 15.2. The van der Waals surface area contributed by atoms with E-state index in [-0.39, 0.29) is 24.1 Å². The molecule has 0 aromatic heterocycles. The lowest BCUT2D eigenvalue weighted by molar-refractivity contribution is -0.240. The molecule has 5 nitrogen and oxygen atoms in total. The summed E-state index contributed by atoms with van der Waals surface area (Å²) in [6.07, 6.45) is 9.96. The molecule has 0 heterocycles. The maximum absolute atomic E-state index is 12.3. The van der Waals surface area contributed by atoms with Gasteiger partial charge >= 0.3 is 5.97 Å². The summed E-state index contributed by atoms with van der Waals surface area (Å²) < 4.78 is 17.3. The molecular formula is C32H56O5. The second kappa shape index (κ2) is 11.5. The van der Waals surface area contributed by atoms with Crippen molar-refractivity contribution in [3.05, 3.63) is 0 Å². The van der Waals surface area contributed by atoms with Crippen LogP contribution in [0.15, 0.2) is 0 Å². The standard InChI is InChI=1S/C32H56O5/c1-9-23-26-14-19(2)12-13-31(26,5)27-16-21(4)32(6)24(20(3)15-22(17-33)30(34)36-8)10-11-25(32)28(27)29(23)37-18-35-7/h19-29,33H,9-18H2,1-8H3/t19-,20-,21+,22?,23-,24-,25?,26+,27?,28?,29-,31+,32-/m1/s1.